The van der Waals surface area contributed by atoms with Gasteiger partial charge in [-0.2, -0.15) is 5.10 Å². The number of nitrogens with one attached hydrogen (secondary N) is 2. The van der Waals surface area contributed by atoms with Crippen LogP contribution in [0, 0.1) is 11.2 Å². The van der Waals surface area contributed by atoms with Crippen LogP contribution in [0.2, 0.25) is 0 Å². The Morgan fingerprint density at radius 3 is 2.75 bits per heavy atom. The number of nitrogens with zero attached hydrogens (tertiary/aromatic N) is 3. The molecule has 106 valence electrons. The van der Waals surface area contributed by atoms with Crippen LogP contribution >= 0.6 is 0 Å². The maximum absolute atomic E-state index is 13.0. The van der Waals surface area contributed by atoms with Crippen molar-refractivity contribution >= 4 is 21.7 Å². The fourth-order valence-corrected chi connectivity index (χ4v) is 2.56. The fourth-order valence-electron chi connectivity index (χ4n) is 1.48. The lowest BCUT2D eigenvalue weighted by molar-refractivity contribution is 0.591. The van der Waals surface area contributed by atoms with Gasteiger partial charge in [-0.1, -0.05) is 0 Å². The Balaban J connectivity index is 2.44. The molecule has 8 nitrogen and oxygen atoms in total. The second-order valence-electron chi connectivity index (χ2n) is 3.89. The Labute approximate surface area is 114 Å². The summed E-state index contributed by atoms with van der Waals surface area (Å²) in [4.78, 5) is 3.14. The van der Waals surface area contributed by atoms with Gasteiger partial charge in [0.1, 0.15) is 22.4 Å². The van der Waals surface area contributed by atoms with E-state index in [-0.39, 0.29) is 22.1 Å². The molecular formula is C10H11FN6O2S. The number of nitrogen functional groups attached to an aromatic ring is 1. The molecule has 0 saturated carbocycles. The van der Waals surface area contributed by atoms with Crippen molar-refractivity contribution in [3.8, 4) is 0 Å². The van der Waals surface area contributed by atoms with Crippen LogP contribution in [0.4, 0.5) is 10.2 Å². The molecular weight excluding hydrogens is 287 g/mol. The Hall–Kier alpha value is -2.49. The van der Waals surface area contributed by atoms with Gasteiger partial charge in [-0.25, -0.2) is 12.8 Å². The third-order valence-electron chi connectivity index (χ3n) is 2.45. The van der Waals surface area contributed by atoms with Crippen LogP contribution in [-0.2, 0) is 17.1 Å². The van der Waals surface area contributed by atoms with Gasteiger partial charge >= 0.3 is 0 Å². The molecule has 20 heavy (non-hydrogen) atoms. The van der Waals surface area contributed by atoms with E-state index in [1.165, 1.54) is 17.9 Å². The smallest absolute Gasteiger partial charge is 0.264 e. The van der Waals surface area contributed by atoms with E-state index in [9.17, 15) is 12.8 Å². The van der Waals surface area contributed by atoms with Crippen molar-refractivity contribution in [1.29, 1.82) is 5.41 Å². The minimum atomic E-state index is -4.05. The standard InChI is InChI=1S/C10H11FN6O2S/c1-17-10(8(5-15-17)9(12)13)16-20(18,19)7-2-6(11)3-14-4-7/h2-5,16H,1H3,(H3,12,13). The molecule has 0 spiro atoms. The average molecular weight is 298 g/mol. The van der Waals surface area contributed by atoms with Crippen molar-refractivity contribution in [1.82, 2.24) is 14.8 Å². The van der Waals surface area contributed by atoms with Gasteiger partial charge in [-0.15, -0.1) is 0 Å². The zero-order valence-corrected chi connectivity index (χ0v) is 11.1. The molecule has 0 aliphatic heterocycles. The van der Waals surface area contributed by atoms with E-state index in [2.05, 4.69) is 14.8 Å². The lowest BCUT2D eigenvalue weighted by Crippen LogP contribution is -2.20. The molecule has 0 atom stereocenters. The van der Waals surface area contributed by atoms with E-state index < -0.39 is 15.8 Å². The van der Waals surface area contributed by atoms with Crippen molar-refractivity contribution in [2.45, 2.75) is 4.90 Å². The van der Waals surface area contributed by atoms with Gasteiger partial charge < -0.3 is 5.73 Å². The quantitative estimate of drug-likeness (QED) is 0.542. The maximum atomic E-state index is 13.0. The van der Waals surface area contributed by atoms with Gasteiger partial charge in [0.15, 0.2) is 0 Å². The number of hydrogen-bond donors (Lipinski definition) is 3. The molecule has 0 bridgehead atoms. The first kappa shape index (κ1) is 13.9. The third-order valence-corrected chi connectivity index (χ3v) is 3.76. The number of aryl methyl sites for hydroxylation is 1. The van der Waals surface area contributed by atoms with Crippen molar-refractivity contribution in [3.05, 3.63) is 36.0 Å². The van der Waals surface area contributed by atoms with Crippen LogP contribution in [0.5, 0.6) is 0 Å². The maximum Gasteiger partial charge on any atom is 0.264 e. The summed E-state index contributed by atoms with van der Waals surface area (Å²) >= 11 is 0. The molecule has 0 fully saturated rings. The molecule has 0 radical (unpaired) electrons. The number of nitrogens with two attached hydrogens (primary N) is 1. The van der Waals surface area contributed by atoms with Crippen LogP contribution in [-0.4, -0.2) is 29.0 Å². The van der Waals surface area contributed by atoms with Crippen molar-refractivity contribution in [2.24, 2.45) is 12.8 Å². The molecule has 2 rings (SSSR count). The first-order valence-electron chi connectivity index (χ1n) is 5.31. The lowest BCUT2D eigenvalue weighted by Gasteiger charge is -2.09. The van der Waals surface area contributed by atoms with Crippen molar-refractivity contribution in [2.75, 3.05) is 4.72 Å². The molecule has 0 aromatic carbocycles. The predicted octanol–water partition coefficient (Wildman–Crippen LogP) is 0.0391. The summed E-state index contributed by atoms with van der Waals surface area (Å²) in [5, 5.41) is 11.2. The highest BCUT2D eigenvalue weighted by atomic mass is 32.2. The van der Waals surface area contributed by atoms with Crippen molar-refractivity contribution < 1.29 is 12.8 Å². The zero-order chi connectivity index (χ0) is 14.9. The van der Waals surface area contributed by atoms with E-state index in [1.807, 2.05) is 0 Å². The number of hydrogen-bond acceptors (Lipinski definition) is 5. The second-order valence-corrected chi connectivity index (χ2v) is 5.57. The first-order valence-corrected chi connectivity index (χ1v) is 6.79. The van der Waals surface area contributed by atoms with E-state index in [0.717, 1.165) is 18.5 Å². The normalized spacial score (nSPS) is 11.3. The van der Waals surface area contributed by atoms with E-state index in [0.29, 0.717) is 0 Å². The second kappa shape index (κ2) is 4.89. The predicted molar refractivity (Wildman–Crippen MR) is 69.2 cm³/mol. The highest BCUT2D eigenvalue weighted by Gasteiger charge is 2.20. The topological polar surface area (TPSA) is 127 Å². The van der Waals surface area contributed by atoms with E-state index in [1.54, 1.807) is 0 Å². The van der Waals surface area contributed by atoms with E-state index >= 15 is 0 Å². The number of halogens is 1. The molecule has 4 N–H and O–H groups in total. The SMILES string of the molecule is Cn1ncc(C(=N)N)c1NS(=O)(=O)c1cncc(F)c1. The number of pyridine rings is 1. The monoisotopic (exact) mass is 298 g/mol. The largest absolute Gasteiger partial charge is 0.384 e. The Kier molecular flexibility index (Phi) is 3.40. The minimum Gasteiger partial charge on any atom is -0.384 e. The summed E-state index contributed by atoms with van der Waals surface area (Å²) in [7, 11) is -2.57. The van der Waals surface area contributed by atoms with Gasteiger partial charge in [-0.3, -0.25) is 19.8 Å². The van der Waals surface area contributed by atoms with Gasteiger partial charge in [0.05, 0.1) is 18.0 Å². The average Bonchev–Trinajstić information content (AvgIpc) is 2.71. The number of sulfonamides is 1. The van der Waals surface area contributed by atoms with Crippen molar-refractivity contribution in [3.63, 3.8) is 0 Å². The van der Waals surface area contributed by atoms with Crippen LogP contribution in [0.25, 0.3) is 0 Å². The molecule has 10 heteroatoms. The van der Waals surface area contributed by atoms with Crippen LogP contribution in [0.15, 0.2) is 29.6 Å². The fraction of sp³-hybridized carbons (Fsp3) is 0.100. The summed E-state index contributed by atoms with van der Waals surface area (Å²) in [5.74, 6) is -1.10. The molecule has 2 heterocycles. The summed E-state index contributed by atoms with van der Waals surface area (Å²) in [6.07, 6.45) is 3.16. The Morgan fingerprint density at radius 2 is 2.15 bits per heavy atom. The zero-order valence-electron chi connectivity index (χ0n) is 10.3. The van der Waals surface area contributed by atoms with Gasteiger partial charge in [-0.05, 0) is 6.07 Å². The minimum absolute atomic E-state index is 0.0155. The number of aromatic nitrogens is 3. The highest BCUT2D eigenvalue weighted by molar-refractivity contribution is 7.92. The molecule has 0 unspecified atom stereocenters. The Bertz CT molecular complexity index is 770. The summed E-state index contributed by atoms with van der Waals surface area (Å²) < 4.78 is 40.7. The molecule has 2 aromatic rings. The molecule has 2 aromatic heterocycles. The van der Waals surface area contributed by atoms with Gasteiger partial charge in [0.25, 0.3) is 10.0 Å². The van der Waals surface area contributed by atoms with Gasteiger partial charge in [0.2, 0.25) is 0 Å². The molecule has 0 amide bonds. The summed E-state index contributed by atoms with van der Waals surface area (Å²) in [6, 6.07) is 0.832. The summed E-state index contributed by atoms with van der Waals surface area (Å²) in [6.45, 7) is 0. The van der Waals surface area contributed by atoms with Crippen LogP contribution in [0.1, 0.15) is 5.56 Å². The number of rotatable bonds is 4. The molecule has 0 saturated heterocycles. The Morgan fingerprint density at radius 1 is 1.45 bits per heavy atom. The molecule has 0 aliphatic carbocycles. The van der Waals surface area contributed by atoms with Crippen LogP contribution in [0.3, 0.4) is 0 Å². The third kappa shape index (κ3) is 2.59. The van der Waals surface area contributed by atoms with E-state index in [4.69, 9.17) is 11.1 Å². The van der Waals surface area contributed by atoms with Crippen LogP contribution < -0.4 is 10.5 Å². The lowest BCUT2D eigenvalue weighted by atomic mass is 10.3. The number of amidine groups is 1. The summed E-state index contributed by atoms with van der Waals surface area (Å²) in [5.41, 5.74) is 5.46. The van der Waals surface area contributed by atoms with Gasteiger partial charge in [0, 0.05) is 13.2 Å². The first-order chi connectivity index (χ1) is 9.31. The number of anilines is 1. The molecule has 0 aliphatic rings. The highest BCUT2D eigenvalue weighted by Crippen LogP contribution is 2.19.